The highest BCUT2D eigenvalue weighted by Gasteiger charge is 2.26. The van der Waals surface area contributed by atoms with Crippen molar-refractivity contribution in [1.82, 2.24) is 10.2 Å². The first-order chi connectivity index (χ1) is 10.7. The summed E-state index contributed by atoms with van der Waals surface area (Å²) >= 11 is 6.01. The second-order valence-corrected chi connectivity index (χ2v) is 6.37. The molecule has 0 atom stereocenters. The number of nitrogens with zero attached hydrogens (tertiary/aromatic N) is 1. The van der Waals surface area contributed by atoms with Gasteiger partial charge in [0.2, 0.25) is 0 Å². The van der Waals surface area contributed by atoms with Crippen LogP contribution in [-0.4, -0.2) is 44.1 Å². The van der Waals surface area contributed by atoms with E-state index in [-0.39, 0.29) is 5.91 Å². The quantitative estimate of drug-likeness (QED) is 0.930. The second-order valence-electron chi connectivity index (χ2n) is 5.93. The average molecular weight is 321 g/mol. The minimum absolute atomic E-state index is 0.0912. The standard InChI is InChI=1S/C17H21ClN2O2/c1-19-10-12-4-6-20(7-5-12)17(21)14-8-13-9-15(18)2-3-16(13)22-11-14/h2-3,8-9,12,19H,4-7,10-11H2,1H3. The van der Waals surface area contributed by atoms with Gasteiger partial charge in [0.05, 0.1) is 5.57 Å². The van der Waals surface area contributed by atoms with Crippen molar-refractivity contribution in [1.29, 1.82) is 0 Å². The number of benzene rings is 1. The summed E-state index contributed by atoms with van der Waals surface area (Å²) in [6, 6.07) is 5.48. The smallest absolute Gasteiger partial charge is 0.253 e. The van der Waals surface area contributed by atoms with Gasteiger partial charge in [-0.1, -0.05) is 11.6 Å². The zero-order valence-corrected chi connectivity index (χ0v) is 13.5. The van der Waals surface area contributed by atoms with Gasteiger partial charge in [-0.2, -0.15) is 0 Å². The Kier molecular flexibility index (Phi) is 4.69. The van der Waals surface area contributed by atoms with Crippen molar-refractivity contribution in [3.63, 3.8) is 0 Å². The fourth-order valence-corrected chi connectivity index (χ4v) is 3.28. The molecule has 0 radical (unpaired) electrons. The molecule has 1 amide bonds. The number of piperidine rings is 1. The predicted molar refractivity (Wildman–Crippen MR) is 88.2 cm³/mol. The third-order valence-corrected chi connectivity index (χ3v) is 4.59. The fourth-order valence-electron chi connectivity index (χ4n) is 3.10. The lowest BCUT2D eigenvalue weighted by Gasteiger charge is -2.33. The Labute approximate surface area is 136 Å². The van der Waals surface area contributed by atoms with Crippen molar-refractivity contribution in [3.8, 4) is 5.75 Å². The van der Waals surface area contributed by atoms with Crippen molar-refractivity contribution in [3.05, 3.63) is 34.4 Å². The number of nitrogens with one attached hydrogen (secondary N) is 1. The first kappa shape index (κ1) is 15.4. The Hall–Kier alpha value is -1.52. The Bertz CT molecular complexity index is 592. The molecular weight excluding hydrogens is 300 g/mol. The molecule has 0 unspecified atom stereocenters. The van der Waals surface area contributed by atoms with E-state index in [1.165, 1.54) is 0 Å². The summed E-state index contributed by atoms with van der Waals surface area (Å²) in [5.74, 6) is 1.55. The molecule has 2 aliphatic heterocycles. The highest BCUT2D eigenvalue weighted by Crippen LogP contribution is 2.30. The molecule has 0 bridgehead atoms. The number of rotatable bonds is 3. The van der Waals surface area contributed by atoms with Gasteiger partial charge in [-0.15, -0.1) is 0 Å². The lowest BCUT2D eigenvalue weighted by atomic mass is 9.96. The number of carbonyl (C=O) groups excluding carboxylic acids is 1. The number of carbonyl (C=O) groups is 1. The fraction of sp³-hybridized carbons (Fsp3) is 0.471. The molecule has 5 heteroatoms. The van der Waals surface area contributed by atoms with Crippen LogP contribution in [0, 0.1) is 5.92 Å². The summed E-state index contributed by atoms with van der Waals surface area (Å²) in [7, 11) is 1.98. The van der Waals surface area contributed by atoms with Gasteiger partial charge in [-0.3, -0.25) is 4.79 Å². The number of halogens is 1. The van der Waals surface area contributed by atoms with Crippen molar-refractivity contribution >= 4 is 23.6 Å². The molecule has 0 spiro atoms. The third-order valence-electron chi connectivity index (χ3n) is 4.35. The van der Waals surface area contributed by atoms with Crippen molar-refractivity contribution in [2.75, 3.05) is 33.3 Å². The molecule has 4 nitrogen and oxygen atoms in total. The van der Waals surface area contributed by atoms with Crippen LogP contribution in [0.2, 0.25) is 5.02 Å². The number of fused-ring (bicyclic) bond motifs is 1. The Morgan fingerprint density at radius 1 is 1.41 bits per heavy atom. The van der Waals surface area contributed by atoms with Crippen LogP contribution in [0.4, 0.5) is 0 Å². The second kappa shape index (κ2) is 6.71. The first-order valence-corrected chi connectivity index (χ1v) is 8.12. The highest BCUT2D eigenvalue weighted by atomic mass is 35.5. The molecule has 1 aromatic carbocycles. The lowest BCUT2D eigenvalue weighted by molar-refractivity contribution is -0.128. The average Bonchev–Trinajstić information content (AvgIpc) is 2.54. The van der Waals surface area contributed by atoms with E-state index in [4.69, 9.17) is 16.3 Å². The zero-order valence-electron chi connectivity index (χ0n) is 12.8. The highest BCUT2D eigenvalue weighted by molar-refractivity contribution is 6.30. The van der Waals surface area contributed by atoms with E-state index in [1.807, 2.05) is 30.2 Å². The monoisotopic (exact) mass is 320 g/mol. The van der Waals surface area contributed by atoms with Crippen molar-refractivity contribution in [2.24, 2.45) is 5.92 Å². The van der Waals surface area contributed by atoms with Crippen LogP contribution in [-0.2, 0) is 4.79 Å². The van der Waals surface area contributed by atoms with E-state index < -0.39 is 0 Å². The van der Waals surface area contributed by atoms with Gasteiger partial charge in [-0.25, -0.2) is 0 Å². The predicted octanol–water partition coefficient (Wildman–Crippen LogP) is 2.57. The normalized spacial score (nSPS) is 18.5. The maximum Gasteiger partial charge on any atom is 0.253 e. The molecular formula is C17H21ClN2O2. The minimum atomic E-state index is 0.0912. The zero-order chi connectivity index (χ0) is 15.5. The molecule has 2 aliphatic rings. The van der Waals surface area contributed by atoms with E-state index in [9.17, 15) is 4.79 Å². The largest absolute Gasteiger partial charge is 0.488 e. The van der Waals surface area contributed by atoms with Crippen LogP contribution >= 0.6 is 11.6 Å². The summed E-state index contributed by atoms with van der Waals surface area (Å²) in [5, 5.41) is 3.87. The van der Waals surface area contributed by atoms with Gasteiger partial charge < -0.3 is 15.0 Å². The van der Waals surface area contributed by atoms with Crippen LogP contribution in [0.15, 0.2) is 23.8 Å². The summed E-state index contributed by atoms with van der Waals surface area (Å²) in [6.45, 7) is 3.01. The number of amides is 1. The number of hydrogen-bond donors (Lipinski definition) is 1. The Morgan fingerprint density at radius 3 is 2.91 bits per heavy atom. The SMILES string of the molecule is CNCC1CCN(C(=O)C2=Cc3cc(Cl)ccc3OC2)CC1. The van der Waals surface area contributed by atoms with Gasteiger partial charge in [-0.05, 0) is 56.6 Å². The van der Waals surface area contributed by atoms with E-state index in [2.05, 4.69) is 5.32 Å². The van der Waals surface area contributed by atoms with E-state index in [0.29, 0.717) is 23.1 Å². The van der Waals surface area contributed by atoms with E-state index in [0.717, 1.165) is 43.8 Å². The van der Waals surface area contributed by atoms with Crippen LogP contribution < -0.4 is 10.1 Å². The molecule has 1 N–H and O–H groups in total. The summed E-state index contributed by atoms with van der Waals surface area (Å²) < 4.78 is 5.68. The van der Waals surface area contributed by atoms with Crippen LogP contribution in [0.3, 0.4) is 0 Å². The maximum absolute atomic E-state index is 12.6. The Morgan fingerprint density at radius 2 is 2.18 bits per heavy atom. The molecule has 3 rings (SSSR count). The third kappa shape index (κ3) is 3.28. The molecule has 0 aromatic heterocycles. The maximum atomic E-state index is 12.6. The molecule has 22 heavy (non-hydrogen) atoms. The first-order valence-electron chi connectivity index (χ1n) is 7.74. The molecule has 1 aromatic rings. The molecule has 0 saturated carbocycles. The lowest BCUT2D eigenvalue weighted by Crippen LogP contribution is -2.42. The Balaban J connectivity index is 1.69. The van der Waals surface area contributed by atoms with Gasteiger partial charge >= 0.3 is 0 Å². The number of ether oxygens (including phenoxy) is 1. The summed E-state index contributed by atoms with van der Waals surface area (Å²) in [4.78, 5) is 14.6. The minimum Gasteiger partial charge on any atom is -0.488 e. The molecule has 0 aliphatic carbocycles. The summed E-state index contributed by atoms with van der Waals surface area (Å²) in [6.07, 6.45) is 4.03. The number of likely N-dealkylation sites (tertiary alicyclic amines) is 1. The molecule has 2 heterocycles. The topological polar surface area (TPSA) is 41.6 Å². The van der Waals surface area contributed by atoms with Crippen LogP contribution in [0.25, 0.3) is 6.08 Å². The van der Waals surface area contributed by atoms with E-state index in [1.54, 1.807) is 6.07 Å². The van der Waals surface area contributed by atoms with Crippen LogP contribution in [0.1, 0.15) is 18.4 Å². The van der Waals surface area contributed by atoms with Gasteiger partial charge in [0.15, 0.2) is 0 Å². The van der Waals surface area contributed by atoms with E-state index >= 15 is 0 Å². The molecule has 1 saturated heterocycles. The molecule has 118 valence electrons. The van der Waals surface area contributed by atoms with Crippen LogP contribution in [0.5, 0.6) is 5.75 Å². The van der Waals surface area contributed by atoms with Gasteiger partial charge in [0, 0.05) is 23.7 Å². The van der Waals surface area contributed by atoms with Gasteiger partial charge in [0.25, 0.3) is 5.91 Å². The molecule has 1 fully saturated rings. The summed E-state index contributed by atoms with van der Waals surface area (Å²) in [5.41, 5.74) is 1.59. The van der Waals surface area contributed by atoms with Crippen molar-refractivity contribution in [2.45, 2.75) is 12.8 Å². The van der Waals surface area contributed by atoms with Crippen molar-refractivity contribution < 1.29 is 9.53 Å². The van der Waals surface area contributed by atoms with Gasteiger partial charge in [0.1, 0.15) is 12.4 Å². The number of hydrogen-bond acceptors (Lipinski definition) is 3.